The molecule has 2 aliphatic heterocycles. The first kappa shape index (κ1) is 20.0. The van der Waals surface area contributed by atoms with Gasteiger partial charge in [0.15, 0.2) is 0 Å². The molecule has 1 atom stereocenters. The van der Waals surface area contributed by atoms with Gasteiger partial charge in [-0.25, -0.2) is 5.01 Å². The minimum absolute atomic E-state index is 0.0234. The third-order valence-electron chi connectivity index (χ3n) is 6.10. The Bertz CT molecular complexity index is 1130. The summed E-state index contributed by atoms with van der Waals surface area (Å²) in [5.41, 5.74) is 5.53. The van der Waals surface area contributed by atoms with E-state index in [2.05, 4.69) is 41.3 Å². The van der Waals surface area contributed by atoms with Crippen molar-refractivity contribution < 1.29 is 4.79 Å². The number of hydrogen-bond acceptors (Lipinski definition) is 3. The normalized spacial score (nSPS) is 18.5. The molecular formula is C26H24ClN3O. The van der Waals surface area contributed by atoms with E-state index in [9.17, 15) is 4.79 Å². The molecule has 5 heteroatoms. The largest absolute Gasteiger partial charge is 0.290 e. The smallest absolute Gasteiger partial charge is 0.257 e. The summed E-state index contributed by atoms with van der Waals surface area (Å²) in [5, 5.41) is 7.11. The zero-order valence-electron chi connectivity index (χ0n) is 17.2. The van der Waals surface area contributed by atoms with Gasteiger partial charge in [-0.2, -0.15) is 5.10 Å². The molecule has 1 amide bonds. The van der Waals surface area contributed by atoms with Crippen LogP contribution in [-0.4, -0.2) is 34.6 Å². The van der Waals surface area contributed by atoms with E-state index in [1.54, 1.807) is 5.01 Å². The molecule has 31 heavy (non-hydrogen) atoms. The van der Waals surface area contributed by atoms with Crippen LogP contribution >= 0.6 is 11.6 Å². The van der Waals surface area contributed by atoms with Crippen molar-refractivity contribution in [2.24, 2.45) is 5.10 Å². The maximum absolute atomic E-state index is 13.4. The van der Waals surface area contributed by atoms with E-state index >= 15 is 0 Å². The molecule has 0 saturated carbocycles. The molecule has 3 aromatic carbocycles. The van der Waals surface area contributed by atoms with Crippen LogP contribution in [0.25, 0.3) is 0 Å². The van der Waals surface area contributed by atoms with Crippen LogP contribution in [0.3, 0.4) is 0 Å². The van der Waals surface area contributed by atoms with Gasteiger partial charge < -0.3 is 0 Å². The lowest BCUT2D eigenvalue weighted by molar-refractivity contribution is -0.134. The topological polar surface area (TPSA) is 35.9 Å². The van der Waals surface area contributed by atoms with Gasteiger partial charge in [-0.15, -0.1) is 0 Å². The number of carbonyl (C=O) groups excluding carboxylic acids is 1. The molecule has 0 aliphatic carbocycles. The Kier molecular flexibility index (Phi) is 5.58. The number of carbonyl (C=O) groups is 1. The summed E-state index contributed by atoms with van der Waals surface area (Å²) in [6, 6.07) is 26.2. The van der Waals surface area contributed by atoms with E-state index in [-0.39, 0.29) is 11.9 Å². The van der Waals surface area contributed by atoms with Crippen LogP contribution in [0.15, 0.2) is 84.0 Å². The van der Waals surface area contributed by atoms with Gasteiger partial charge in [0.2, 0.25) is 0 Å². The monoisotopic (exact) mass is 429 g/mol. The highest BCUT2D eigenvalue weighted by molar-refractivity contribution is 6.34. The summed E-state index contributed by atoms with van der Waals surface area (Å²) in [6.07, 6.45) is 1.63. The fourth-order valence-electron chi connectivity index (χ4n) is 4.49. The molecule has 4 nitrogen and oxygen atoms in total. The highest BCUT2D eigenvalue weighted by Crippen LogP contribution is 2.34. The lowest BCUT2D eigenvalue weighted by Crippen LogP contribution is -2.40. The second-order valence-corrected chi connectivity index (χ2v) is 8.53. The standard InChI is InChI=1S/C26H24ClN3O/c27-23-13-7-6-12-22(23)24-16-25(20-9-2-1-3-10-20)30(28-24)26(31)18-29-15-14-19-8-4-5-11-21(19)17-29/h1-13,25H,14-18H2. The molecule has 0 N–H and O–H groups in total. The van der Waals surface area contributed by atoms with Gasteiger partial charge in [0, 0.05) is 30.1 Å². The van der Waals surface area contributed by atoms with Crippen molar-refractivity contribution in [1.29, 1.82) is 0 Å². The molecular weight excluding hydrogens is 406 g/mol. The SMILES string of the molecule is O=C(CN1CCc2ccccc2C1)N1N=C(c2ccccc2Cl)CC1c1ccccc1. The minimum atomic E-state index is -0.114. The molecule has 2 aliphatic rings. The molecule has 3 aromatic rings. The Hall–Kier alpha value is -2.95. The van der Waals surface area contributed by atoms with Crippen molar-refractivity contribution in [1.82, 2.24) is 9.91 Å². The van der Waals surface area contributed by atoms with Gasteiger partial charge in [0.05, 0.1) is 18.3 Å². The summed E-state index contributed by atoms with van der Waals surface area (Å²) < 4.78 is 0. The van der Waals surface area contributed by atoms with E-state index in [1.165, 1.54) is 11.1 Å². The van der Waals surface area contributed by atoms with E-state index < -0.39 is 0 Å². The quantitative estimate of drug-likeness (QED) is 0.580. The number of rotatable bonds is 4. The van der Waals surface area contributed by atoms with E-state index in [0.29, 0.717) is 18.0 Å². The van der Waals surface area contributed by atoms with Gasteiger partial charge >= 0.3 is 0 Å². The van der Waals surface area contributed by atoms with Gasteiger partial charge in [-0.05, 0) is 29.2 Å². The van der Waals surface area contributed by atoms with Gasteiger partial charge in [0.25, 0.3) is 5.91 Å². The van der Waals surface area contributed by atoms with Crippen LogP contribution in [0.5, 0.6) is 0 Å². The Balaban J connectivity index is 1.40. The van der Waals surface area contributed by atoms with Crippen LogP contribution in [-0.2, 0) is 17.8 Å². The molecule has 5 rings (SSSR count). The molecule has 0 spiro atoms. The minimum Gasteiger partial charge on any atom is -0.290 e. The van der Waals surface area contributed by atoms with E-state index in [1.807, 2.05) is 42.5 Å². The van der Waals surface area contributed by atoms with Crippen LogP contribution in [0.4, 0.5) is 0 Å². The van der Waals surface area contributed by atoms with Crippen molar-refractivity contribution >= 4 is 23.2 Å². The molecule has 2 heterocycles. The summed E-state index contributed by atoms with van der Waals surface area (Å²) in [6.45, 7) is 2.04. The first-order valence-corrected chi connectivity index (χ1v) is 11.1. The van der Waals surface area contributed by atoms with Crippen molar-refractivity contribution in [3.63, 3.8) is 0 Å². The molecule has 0 fully saturated rings. The number of amides is 1. The van der Waals surface area contributed by atoms with Crippen LogP contribution in [0.1, 0.15) is 34.7 Å². The molecule has 0 radical (unpaired) electrons. The van der Waals surface area contributed by atoms with Gasteiger partial charge in [-0.1, -0.05) is 84.4 Å². The highest BCUT2D eigenvalue weighted by atomic mass is 35.5. The summed E-state index contributed by atoms with van der Waals surface area (Å²) in [5.74, 6) is 0.0234. The average molecular weight is 430 g/mol. The second kappa shape index (κ2) is 8.66. The predicted molar refractivity (Wildman–Crippen MR) is 124 cm³/mol. The molecule has 156 valence electrons. The van der Waals surface area contributed by atoms with Crippen molar-refractivity contribution in [2.45, 2.75) is 25.4 Å². The van der Waals surface area contributed by atoms with Crippen LogP contribution < -0.4 is 0 Å². The third-order valence-corrected chi connectivity index (χ3v) is 6.43. The number of hydrazone groups is 1. The zero-order valence-corrected chi connectivity index (χ0v) is 18.0. The fraction of sp³-hybridized carbons (Fsp3) is 0.231. The average Bonchev–Trinajstić information content (AvgIpc) is 3.25. The van der Waals surface area contributed by atoms with E-state index in [4.69, 9.17) is 16.7 Å². The van der Waals surface area contributed by atoms with Crippen molar-refractivity contribution in [3.8, 4) is 0 Å². The lowest BCUT2D eigenvalue weighted by atomic mass is 9.98. The number of nitrogens with zero attached hydrogens (tertiary/aromatic N) is 3. The maximum Gasteiger partial charge on any atom is 0.257 e. The molecule has 0 saturated heterocycles. The summed E-state index contributed by atoms with van der Waals surface area (Å²) in [7, 11) is 0. The van der Waals surface area contributed by atoms with Crippen LogP contribution in [0.2, 0.25) is 5.02 Å². The Morgan fingerprint density at radius 2 is 1.65 bits per heavy atom. The lowest BCUT2D eigenvalue weighted by Gasteiger charge is -2.30. The van der Waals surface area contributed by atoms with Crippen LogP contribution in [0, 0.1) is 0 Å². The number of hydrogen-bond donors (Lipinski definition) is 0. The Labute approximate surface area is 187 Å². The third kappa shape index (κ3) is 4.14. The molecule has 0 bridgehead atoms. The van der Waals surface area contributed by atoms with Crippen molar-refractivity contribution in [3.05, 3.63) is 106 Å². The number of fused-ring (bicyclic) bond motifs is 1. The second-order valence-electron chi connectivity index (χ2n) is 8.12. The first-order valence-electron chi connectivity index (χ1n) is 10.7. The van der Waals surface area contributed by atoms with Crippen molar-refractivity contribution in [2.75, 3.05) is 13.1 Å². The van der Waals surface area contributed by atoms with Gasteiger partial charge in [0.1, 0.15) is 0 Å². The first-order chi connectivity index (χ1) is 15.2. The maximum atomic E-state index is 13.4. The summed E-state index contributed by atoms with van der Waals surface area (Å²) >= 11 is 6.44. The Morgan fingerprint density at radius 1 is 0.935 bits per heavy atom. The summed E-state index contributed by atoms with van der Waals surface area (Å²) in [4.78, 5) is 15.6. The molecule has 1 unspecified atom stereocenters. The zero-order chi connectivity index (χ0) is 21.2. The van der Waals surface area contributed by atoms with Gasteiger partial charge in [-0.3, -0.25) is 9.69 Å². The molecule has 0 aromatic heterocycles. The fourth-order valence-corrected chi connectivity index (χ4v) is 4.73. The predicted octanol–water partition coefficient (Wildman–Crippen LogP) is 5.08. The van der Waals surface area contributed by atoms with E-state index in [0.717, 1.165) is 36.3 Å². The number of halogens is 1. The highest BCUT2D eigenvalue weighted by Gasteiger charge is 2.34. The Morgan fingerprint density at radius 3 is 2.45 bits per heavy atom. The number of benzene rings is 3.